The van der Waals surface area contributed by atoms with Crippen molar-refractivity contribution in [3.05, 3.63) is 38.9 Å². The molecule has 2 aliphatic rings. The standard InChI is InChI=1S/C17H17ClFN3O3/c18-13-14-10(5-12(19)15(13)21-4-3-8(20)6-21)16(23)11(17(24)25)7-22(14)9-1-2-9/h5,7-9H,1-4,6,20H2,(H,24,25)/i19-1. The maximum atomic E-state index is 14.8. The van der Waals surface area contributed by atoms with Gasteiger partial charge in [0.1, 0.15) is 11.4 Å². The van der Waals surface area contributed by atoms with Gasteiger partial charge in [-0.1, -0.05) is 11.6 Å². The summed E-state index contributed by atoms with van der Waals surface area (Å²) in [5.74, 6) is -1.96. The van der Waals surface area contributed by atoms with Crippen molar-refractivity contribution in [1.29, 1.82) is 0 Å². The number of hydrogen-bond donors (Lipinski definition) is 2. The molecule has 1 saturated carbocycles. The summed E-state index contributed by atoms with van der Waals surface area (Å²) in [6.07, 6.45) is 3.80. The van der Waals surface area contributed by atoms with Gasteiger partial charge in [0.25, 0.3) is 0 Å². The molecule has 4 rings (SSSR count). The van der Waals surface area contributed by atoms with Gasteiger partial charge < -0.3 is 20.3 Å². The van der Waals surface area contributed by atoms with Crippen molar-refractivity contribution in [3.8, 4) is 0 Å². The monoisotopic (exact) mass is 364 g/mol. The van der Waals surface area contributed by atoms with E-state index in [9.17, 15) is 19.1 Å². The first-order chi connectivity index (χ1) is 11.9. The van der Waals surface area contributed by atoms with Gasteiger partial charge in [-0.3, -0.25) is 4.79 Å². The first-order valence-electron chi connectivity index (χ1n) is 8.19. The number of fused-ring (bicyclic) bond motifs is 1. The second kappa shape index (κ2) is 5.71. The summed E-state index contributed by atoms with van der Waals surface area (Å²) in [7, 11) is 0. The fourth-order valence-electron chi connectivity index (χ4n) is 3.50. The van der Waals surface area contributed by atoms with Crippen LogP contribution >= 0.6 is 11.6 Å². The molecule has 2 aromatic rings. The van der Waals surface area contributed by atoms with E-state index in [2.05, 4.69) is 0 Å². The molecule has 1 atom stereocenters. The Morgan fingerprint density at radius 2 is 2.08 bits per heavy atom. The molecule has 132 valence electrons. The topological polar surface area (TPSA) is 88.6 Å². The number of halogens is 2. The maximum absolute atomic E-state index is 14.8. The van der Waals surface area contributed by atoms with Crippen LogP contribution < -0.4 is 16.1 Å². The lowest BCUT2D eigenvalue weighted by Crippen LogP contribution is -2.27. The molecule has 1 aromatic heterocycles. The highest BCUT2D eigenvalue weighted by Crippen LogP contribution is 2.42. The fourth-order valence-corrected chi connectivity index (χ4v) is 3.91. The Kier molecular flexibility index (Phi) is 3.73. The summed E-state index contributed by atoms with van der Waals surface area (Å²) in [6, 6.07) is 1.14. The van der Waals surface area contributed by atoms with Crippen molar-refractivity contribution in [2.75, 3.05) is 18.0 Å². The first-order valence-corrected chi connectivity index (χ1v) is 8.57. The molecule has 0 spiro atoms. The number of carboxylic acid groups (broad SMARTS) is 1. The molecule has 6 nitrogen and oxygen atoms in total. The van der Waals surface area contributed by atoms with E-state index in [1.165, 1.54) is 6.20 Å². The smallest absolute Gasteiger partial charge is 0.341 e. The molecule has 1 saturated heterocycles. The van der Waals surface area contributed by atoms with Crippen molar-refractivity contribution in [2.24, 2.45) is 5.73 Å². The molecule has 25 heavy (non-hydrogen) atoms. The van der Waals surface area contributed by atoms with Crippen LogP contribution in [0.3, 0.4) is 0 Å². The third kappa shape index (κ3) is 2.58. The van der Waals surface area contributed by atoms with Crippen LogP contribution in [-0.2, 0) is 0 Å². The molecule has 2 fully saturated rings. The van der Waals surface area contributed by atoms with Crippen LogP contribution in [0.25, 0.3) is 10.9 Å². The molecule has 3 N–H and O–H groups in total. The number of anilines is 1. The largest absolute Gasteiger partial charge is 0.477 e. The molecule has 0 amide bonds. The zero-order valence-corrected chi connectivity index (χ0v) is 14.1. The second-order valence-electron chi connectivity index (χ2n) is 6.73. The Bertz CT molecular complexity index is 955. The third-order valence-corrected chi connectivity index (χ3v) is 5.25. The number of rotatable bonds is 3. The van der Waals surface area contributed by atoms with Gasteiger partial charge in [-0.2, -0.15) is 0 Å². The van der Waals surface area contributed by atoms with Gasteiger partial charge in [0.15, 0.2) is 0 Å². The number of aromatic nitrogens is 1. The number of nitrogens with zero attached hydrogens (tertiary/aromatic N) is 2. The predicted molar refractivity (Wildman–Crippen MR) is 93.2 cm³/mol. The van der Waals surface area contributed by atoms with E-state index in [4.69, 9.17) is 17.3 Å². The van der Waals surface area contributed by atoms with Crippen molar-refractivity contribution < 1.29 is 14.3 Å². The summed E-state index contributed by atoms with van der Waals surface area (Å²) < 4.78 is 16.5. The minimum atomic E-state index is -1.33. The Morgan fingerprint density at radius 3 is 2.64 bits per heavy atom. The van der Waals surface area contributed by atoms with Crippen LogP contribution in [0.2, 0.25) is 5.02 Å². The number of carboxylic acids is 1. The summed E-state index contributed by atoms with van der Waals surface area (Å²) in [4.78, 5) is 25.7. The molecule has 1 aromatic carbocycles. The molecule has 1 aliphatic heterocycles. The van der Waals surface area contributed by atoms with E-state index in [0.717, 1.165) is 25.3 Å². The Morgan fingerprint density at radius 1 is 1.36 bits per heavy atom. The highest BCUT2D eigenvalue weighted by molar-refractivity contribution is 6.38. The zero-order valence-electron chi connectivity index (χ0n) is 13.3. The van der Waals surface area contributed by atoms with E-state index in [1.54, 1.807) is 9.47 Å². The lowest BCUT2D eigenvalue weighted by atomic mass is 10.1. The summed E-state index contributed by atoms with van der Waals surface area (Å²) in [5.41, 5.74) is 5.46. The molecule has 1 unspecified atom stereocenters. The van der Waals surface area contributed by atoms with Crippen molar-refractivity contribution in [3.63, 3.8) is 0 Å². The van der Waals surface area contributed by atoms with E-state index < -0.39 is 17.2 Å². The van der Waals surface area contributed by atoms with Crippen molar-refractivity contribution in [1.82, 2.24) is 4.57 Å². The van der Waals surface area contributed by atoms with Crippen LogP contribution in [0, 0.1) is 5.82 Å². The van der Waals surface area contributed by atoms with Crippen molar-refractivity contribution in [2.45, 2.75) is 31.3 Å². The van der Waals surface area contributed by atoms with Crippen LogP contribution in [0.1, 0.15) is 35.7 Å². The van der Waals surface area contributed by atoms with Gasteiger partial charge in [-0.15, -0.1) is 0 Å². The molecular formula is C17H17ClFN3O3. The summed E-state index contributed by atoms with van der Waals surface area (Å²) in [5, 5.41) is 9.43. The highest BCUT2D eigenvalue weighted by atomic mass is 35.5. The average Bonchev–Trinajstić information content (AvgIpc) is 3.30. The Labute approximate surface area is 147 Å². The molecule has 2 heterocycles. The van der Waals surface area contributed by atoms with E-state index in [1.807, 2.05) is 0 Å². The minimum Gasteiger partial charge on any atom is -0.477 e. The number of aromatic carboxylic acids is 1. The van der Waals surface area contributed by atoms with Gasteiger partial charge in [-0.05, 0) is 25.3 Å². The van der Waals surface area contributed by atoms with Crippen LogP contribution in [0.4, 0.5) is 10.1 Å². The minimum absolute atomic E-state index is 0.00143. The van der Waals surface area contributed by atoms with Crippen molar-refractivity contribution >= 4 is 34.2 Å². The summed E-state index contributed by atoms with van der Waals surface area (Å²) >= 11 is 6.53. The lowest BCUT2D eigenvalue weighted by molar-refractivity contribution is 0.0695. The lowest BCUT2D eigenvalue weighted by Gasteiger charge is -2.23. The molecule has 0 bridgehead atoms. The van der Waals surface area contributed by atoms with E-state index in [0.29, 0.717) is 18.6 Å². The van der Waals surface area contributed by atoms with E-state index in [-0.39, 0.29) is 33.7 Å². The third-order valence-electron chi connectivity index (χ3n) is 4.90. The number of benzene rings is 1. The van der Waals surface area contributed by atoms with Gasteiger partial charge in [0.05, 0.1) is 21.6 Å². The van der Waals surface area contributed by atoms with Gasteiger partial charge >= 0.3 is 5.97 Å². The van der Waals surface area contributed by atoms with Crippen LogP contribution in [-0.4, -0.2) is 34.8 Å². The maximum Gasteiger partial charge on any atom is 0.341 e. The normalized spacial score (nSPS) is 20.4. The predicted octanol–water partition coefficient (Wildman–Crippen LogP) is 2.36. The van der Waals surface area contributed by atoms with Gasteiger partial charge in [0.2, 0.25) is 5.43 Å². The Balaban J connectivity index is 2.03. The van der Waals surface area contributed by atoms with Crippen LogP contribution in [0.5, 0.6) is 0 Å². The number of nitrogens with two attached hydrogens (primary N) is 1. The zero-order chi connectivity index (χ0) is 17.9. The van der Waals surface area contributed by atoms with E-state index >= 15 is 0 Å². The fraction of sp³-hybridized carbons (Fsp3) is 0.412. The first kappa shape index (κ1) is 16.4. The molecular weight excluding hydrogens is 348 g/mol. The second-order valence-corrected chi connectivity index (χ2v) is 7.11. The number of pyridine rings is 1. The summed E-state index contributed by atoms with van der Waals surface area (Å²) in [6.45, 7) is 1.08. The molecule has 0 radical (unpaired) electrons. The quantitative estimate of drug-likeness (QED) is 0.872. The number of carbonyl (C=O) groups is 1. The van der Waals surface area contributed by atoms with Gasteiger partial charge in [0, 0.05) is 31.4 Å². The average molecular weight is 365 g/mol. The van der Waals surface area contributed by atoms with Crippen LogP contribution in [0.15, 0.2) is 17.1 Å². The Hall–Kier alpha value is -2.12. The molecule has 1 aliphatic carbocycles. The highest BCUT2D eigenvalue weighted by Gasteiger charge is 2.31. The number of hydrogen-bond acceptors (Lipinski definition) is 4. The van der Waals surface area contributed by atoms with Gasteiger partial charge in [-0.25, -0.2) is 9.18 Å². The SMILES string of the molecule is NC1CCN(c2c([18F])cc3c(=O)c(C(=O)O)cn(C4CC4)c3c2Cl)C1. The molecule has 8 heteroatoms.